The summed E-state index contributed by atoms with van der Waals surface area (Å²) in [4.78, 5) is 0. The third kappa shape index (κ3) is 1.39. The van der Waals surface area contributed by atoms with Crippen molar-refractivity contribution in [3.8, 4) is 0 Å². The Morgan fingerprint density at radius 1 is 1.29 bits per heavy atom. The van der Waals surface area contributed by atoms with Crippen molar-refractivity contribution in [2.45, 2.75) is 51.9 Å². The number of aliphatic hydroxyl groups is 1. The van der Waals surface area contributed by atoms with Crippen LogP contribution in [0.1, 0.15) is 40.0 Å². The molecule has 1 heterocycles. The summed E-state index contributed by atoms with van der Waals surface area (Å²) in [5, 5.41) is 10.0. The predicted octanol–water partition coefficient (Wildman–Crippen LogP) is 2.18. The molecule has 0 amide bonds. The molecule has 5 atom stereocenters. The van der Waals surface area contributed by atoms with Crippen molar-refractivity contribution in [2.75, 3.05) is 13.2 Å². The van der Waals surface area contributed by atoms with Crippen LogP contribution in [0.15, 0.2) is 0 Å². The molecule has 3 saturated carbocycles. The van der Waals surface area contributed by atoms with Gasteiger partial charge in [0.2, 0.25) is 0 Å². The molecule has 1 N–H and O–H groups in total. The SMILES string of the molecule is CC(O)[C@@H]1C[C@H]2CC[C@]1(C)[C@H](C)C21OCCO1. The fraction of sp³-hybridized carbons (Fsp3) is 1.00. The molecule has 17 heavy (non-hydrogen) atoms. The second kappa shape index (κ2) is 3.69. The number of fused-ring (bicyclic) bond motifs is 2. The van der Waals surface area contributed by atoms with E-state index in [1.165, 1.54) is 12.8 Å². The molecule has 3 heteroatoms. The smallest absolute Gasteiger partial charge is 0.174 e. The normalized spacial score (nSPS) is 49.8. The highest BCUT2D eigenvalue weighted by Gasteiger charge is 2.65. The Morgan fingerprint density at radius 2 is 1.94 bits per heavy atom. The summed E-state index contributed by atoms with van der Waals surface area (Å²) in [6.45, 7) is 7.97. The molecule has 1 aliphatic heterocycles. The van der Waals surface area contributed by atoms with Crippen LogP contribution in [0, 0.1) is 23.2 Å². The van der Waals surface area contributed by atoms with Crippen molar-refractivity contribution in [1.82, 2.24) is 0 Å². The minimum Gasteiger partial charge on any atom is -0.393 e. The molecule has 0 aromatic carbocycles. The van der Waals surface area contributed by atoms with Crippen LogP contribution >= 0.6 is 0 Å². The van der Waals surface area contributed by atoms with Gasteiger partial charge in [-0.1, -0.05) is 13.8 Å². The van der Waals surface area contributed by atoms with Crippen LogP contribution in [0.2, 0.25) is 0 Å². The Hall–Kier alpha value is -0.120. The van der Waals surface area contributed by atoms with E-state index in [9.17, 15) is 5.11 Å². The minimum atomic E-state index is -0.335. The molecule has 1 saturated heterocycles. The van der Waals surface area contributed by atoms with Gasteiger partial charge in [-0.3, -0.25) is 0 Å². The lowest BCUT2D eigenvalue weighted by molar-refractivity contribution is -0.311. The van der Waals surface area contributed by atoms with Crippen molar-refractivity contribution in [3.63, 3.8) is 0 Å². The van der Waals surface area contributed by atoms with Gasteiger partial charge < -0.3 is 14.6 Å². The molecule has 3 nitrogen and oxygen atoms in total. The van der Waals surface area contributed by atoms with Crippen LogP contribution in [-0.4, -0.2) is 30.2 Å². The first-order valence-corrected chi connectivity index (χ1v) is 6.96. The number of hydrogen-bond donors (Lipinski definition) is 1. The Labute approximate surface area is 103 Å². The molecule has 98 valence electrons. The van der Waals surface area contributed by atoms with Crippen molar-refractivity contribution in [3.05, 3.63) is 0 Å². The number of ether oxygens (including phenoxy) is 2. The van der Waals surface area contributed by atoms with E-state index in [2.05, 4.69) is 13.8 Å². The maximum Gasteiger partial charge on any atom is 0.174 e. The van der Waals surface area contributed by atoms with Crippen LogP contribution in [0.25, 0.3) is 0 Å². The van der Waals surface area contributed by atoms with Crippen LogP contribution in [0.5, 0.6) is 0 Å². The van der Waals surface area contributed by atoms with Crippen molar-refractivity contribution >= 4 is 0 Å². The molecule has 0 aromatic rings. The third-order valence-electron chi connectivity index (χ3n) is 5.90. The van der Waals surface area contributed by atoms with E-state index in [1.807, 2.05) is 6.92 Å². The zero-order chi connectivity index (χ0) is 12.3. The topological polar surface area (TPSA) is 38.7 Å². The Kier molecular flexibility index (Phi) is 2.59. The van der Waals surface area contributed by atoms with Gasteiger partial charge in [0.1, 0.15) is 0 Å². The van der Waals surface area contributed by atoms with Gasteiger partial charge >= 0.3 is 0 Å². The monoisotopic (exact) mass is 240 g/mol. The van der Waals surface area contributed by atoms with E-state index in [0.29, 0.717) is 17.8 Å². The molecular weight excluding hydrogens is 216 g/mol. The maximum atomic E-state index is 10.0. The van der Waals surface area contributed by atoms with Crippen LogP contribution in [0.4, 0.5) is 0 Å². The first kappa shape index (κ1) is 11.9. The van der Waals surface area contributed by atoms with E-state index in [1.54, 1.807) is 0 Å². The van der Waals surface area contributed by atoms with Gasteiger partial charge in [0.15, 0.2) is 5.79 Å². The van der Waals surface area contributed by atoms with Gasteiger partial charge in [-0.05, 0) is 37.5 Å². The number of aliphatic hydroxyl groups excluding tert-OH is 1. The number of hydrogen-bond acceptors (Lipinski definition) is 3. The Bertz CT molecular complexity index is 309. The van der Waals surface area contributed by atoms with Gasteiger partial charge in [0.25, 0.3) is 0 Å². The van der Waals surface area contributed by atoms with E-state index in [4.69, 9.17) is 9.47 Å². The summed E-state index contributed by atoms with van der Waals surface area (Å²) < 4.78 is 12.0. The average molecular weight is 240 g/mol. The molecule has 2 bridgehead atoms. The average Bonchev–Trinajstić information content (AvgIpc) is 2.76. The van der Waals surface area contributed by atoms with Crippen molar-refractivity contribution in [2.24, 2.45) is 23.2 Å². The number of rotatable bonds is 1. The van der Waals surface area contributed by atoms with Gasteiger partial charge in [-0.2, -0.15) is 0 Å². The molecule has 0 aromatic heterocycles. The molecule has 3 aliphatic carbocycles. The lowest BCUT2D eigenvalue weighted by Gasteiger charge is -2.62. The summed E-state index contributed by atoms with van der Waals surface area (Å²) in [5.41, 5.74) is 0.160. The lowest BCUT2D eigenvalue weighted by atomic mass is 9.48. The molecule has 0 radical (unpaired) electrons. The fourth-order valence-corrected chi connectivity index (χ4v) is 4.76. The zero-order valence-corrected chi connectivity index (χ0v) is 11.1. The maximum absolute atomic E-state index is 10.0. The second-order valence-corrected chi connectivity index (χ2v) is 6.46. The molecule has 1 unspecified atom stereocenters. The van der Waals surface area contributed by atoms with E-state index in [-0.39, 0.29) is 17.3 Å². The summed E-state index contributed by atoms with van der Waals surface area (Å²) >= 11 is 0. The quantitative estimate of drug-likeness (QED) is 0.763. The van der Waals surface area contributed by atoms with Crippen LogP contribution in [0.3, 0.4) is 0 Å². The molecular formula is C14H24O3. The lowest BCUT2D eigenvalue weighted by Crippen LogP contribution is -2.63. The third-order valence-corrected chi connectivity index (χ3v) is 5.90. The van der Waals surface area contributed by atoms with Gasteiger partial charge in [-0.25, -0.2) is 0 Å². The predicted molar refractivity (Wildman–Crippen MR) is 64.4 cm³/mol. The van der Waals surface area contributed by atoms with Gasteiger partial charge in [0, 0.05) is 11.8 Å². The van der Waals surface area contributed by atoms with Crippen LogP contribution < -0.4 is 0 Å². The zero-order valence-electron chi connectivity index (χ0n) is 11.1. The van der Waals surface area contributed by atoms with Crippen molar-refractivity contribution < 1.29 is 14.6 Å². The summed E-state index contributed by atoms with van der Waals surface area (Å²) in [6, 6.07) is 0. The van der Waals surface area contributed by atoms with Gasteiger partial charge in [0.05, 0.1) is 19.3 Å². The molecule has 4 aliphatic rings. The minimum absolute atomic E-state index is 0.160. The summed E-state index contributed by atoms with van der Waals surface area (Å²) in [6.07, 6.45) is 3.22. The van der Waals surface area contributed by atoms with Crippen LogP contribution in [-0.2, 0) is 9.47 Å². The summed E-state index contributed by atoms with van der Waals surface area (Å²) in [7, 11) is 0. The largest absolute Gasteiger partial charge is 0.393 e. The Balaban J connectivity index is 1.96. The standard InChI is InChI=1S/C14H24O3/c1-9(15)12-8-11-4-5-13(12,3)10(2)14(11)16-6-7-17-14/h9-12,15H,4-8H2,1-3H3/t9?,10-,11+,12-,13+/m0/s1. The highest BCUT2D eigenvalue weighted by molar-refractivity contribution is 5.09. The van der Waals surface area contributed by atoms with E-state index in [0.717, 1.165) is 19.6 Å². The Morgan fingerprint density at radius 3 is 2.53 bits per heavy atom. The van der Waals surface area contributed by atoms with E-state index >= 15 is 0 Å². The first-order valence-electron chi connectivity index (χ1n) is 6.96. The first-order chi connectivity index (χ1) is 8.01. The highest BCUT2D eigenvalue weighted by atomic mass is 16.7. The summed E-state index contributed by atoms with van der Waals surface area (Å²) in [5.74, 6) is 0.916. The van der Waals surface area contributed by atoms with E-state index < -0.39 is 0 Å². The highest BCUT2D eigenvalue weighted by Crippen LogP contribution is 2.63. The van der Waals surface area contributed by atoms with Gasteiger partial charge in [-0.15, -0.1) is 0 Å². The second-order valence-electron chi connectivity index (χ2n) is 6.46. The molecule has 4 fully saturated rings. The molecule has 1 spiro atoms. The molecule has 4 rings (SSSR count). The van der Waals surface area contributed by atoms with Crippen molar-refractivity contribution in [1.29, 1.82) is 0 Å². The fourth-order valence-electron chi connectivity index (χ4n) is 4.76.